The van der Waals surface area contributed by atoms with Gasteiger partial charge in [-0.2, -0.15) is 0 Å². The fourth-order valence-electron chi connectivity index (χ4n) is 2.27. The molecule has 0 amide bonds. The van der Waals surface area contributed by atoms with Crippen molar-refractivity contribution in [2.75, 3.05) is 11.5 Å². The number of thioether (sulfide) groups is 1. The van der Waals surface area contributed by atoms with Crippen LogP contribution >= 0.6 is 23.4 Å². The summed E-state index contributed by atoms with van der Waals surface area (Å²) >= 11 is 7.16. The topological polar surface area (TPSA) is 78.0 Å². The first-order valence-corrected chi connectivity index (χ1v) is 10.6. The van der Waals surface area contributed by atoms with Crippen LogP contribution in [0.25, 0.3) is 11.6 Å². The van der Waals surface area contributed by atoms with E-state index < -0.39 is 9.84 Å². The SMILES string of the molecule is CCn1c(SCCS(=O)(=O)c2ccc(Cl)cc2)nnc1-c1ccco1. The van der Waals surface area contributed by atoms with E-state index in [9.17, 15) is 8.42 Å². The average molecular weight is 398 g/mol. The van der Waals surface area contributed by atoms with Crippen LogP contribution < -0.4 is 0 Å². The molecule has 0 saturated carbocycles. The molecule has 0 atom stereocenters. The zero-order chi connectivity index (χ0) is 17.9. The Hall–Kier alpha value is -1.77. The number of aromatic nitrogens is 3. The Morgan fingerprint density at radius 3 is 2.60 bits per heavy atom. The summed E-state index contributed by atoms with van der Waals surface area (Å²) in [4.78, 5) is 0.269. The lowest BCUT2D eigenvalue weighted by atomic mass is 10.4. The lowest BCUT2D eigenvalue weighted by Gasteiger charge is -2.06. The van der Waals surface area contributed by atoms with Crippen molar-refractivity contribution in [1.82, 2.24) is 14.8 Å². The number of hydrogen-bond acceptors (Lipinski definition) is 6. The highest BCUT2D eigenvalue weighted by Crippen LogP contribution is 2.25. The Balaban J connectivity index is 1.69. The molecule has 0 unspecified atom stereocenters. The van der Waals surface area contributed by atoms with E-state index in [2.05, 4.69) is 10.2 Å². The molecule has 0 aliphatic heterocycles. The summed E-state index contributed by atoms with van der Waals surface area (Å²) in [5.41, 5.74) is 0. The Morgan fingerprint density at radius 1 is 1.20 bits per heavy atom. The van der Waals surface area contributed by atoms with E-state index in [-0.39, 0.29) is 10.6 Å². The highest BCUT2D eigenvalue weighted by atomic mass is 35.5. The third-order valence-corrected chi connectivity index (χ3v) is 6.74. The van der Waals surface area contributed by atoms with E-state index in [0.29, 0.717) is 34.1 Å². The highest BCUT2D eigenvalue weighted by molar-refractivity contribution is 8.00. The number of benzene rings is 1. The largest absolute Gasteiger partial charge is 0.461 e. The molecule has 0 bridgehead atoms. The van der Waals surface area contributed by atoms with E-state index in [1.807, 2.05) is 17.6 Å². The van der Waals surface area contributed by atoms with Gasteiger partial charge in [0.2, 0.25) is 0 Å². The third-order valence-electron chi connectivity index (χ3n) is 3.53. The molecule has 2 heterocycles. The summed E-state index contributed by atoms with van der Waals surface area (Å²) in [7, 11) is -3.36. The van der Waals surface area contributed by atoms with Gasteiger partial charge in [0.25, 0.3) is 0 Å². The first-order valence-electron chi connectivity index (χ1n) is 7.59. The normalized spacial score (nSPS) is 11.8. The molecular formula is C16H16ClN3O3S2. The number of nitrogens with zero attached hydrogens (tertiary/aromatic N) is 3. The molecule has 132 valence electrons. The Bertz CT molecular complexity index is 936. The Labute approximate surface area is 155 Å². The monoisotopic (exact) mass is 397 g/mol. The minimum atomic E-state index is -3.36. The van der Waals surface area contributed by atoms with Crippen LogP contribution in [-0.4, -0.2) is 34.7 Å². The highest BCUT2D eigenvalue weighted by Gasteiger charge is 2.18. The average Bonchev–Trinajstić information content (AvgIpc) is 3.24. The van der Waals surface area contributed by atoms with Crippen molar-refractivity contribution >= 4 is 33.2 Å². The van der Waals surface area contributed by atoms with Crippen LogP contribution in [0.2, 0.25) is 5.02 Å². The van der Waals surface area contributed by atoms with Crippen molar-refractivity contribution in [3.8, 4) is 11.6 Å². The van der Waals surface area contributed by atoms with E-state index in [4.69, 9.17) is 16.0 Å². The van der Waals surface area contributed by atoms with Crippen LogP contribution in [0.3, 0.4) is 0 Å². The van der Waals surface area contributed by atoms with E-state index in [1.54, 1.807) is 24.5 Å². The minimum absolute atomic E-state index is 0.00591. The molecule has 6 nitrogen and oxygen atoms in total. The van der Waals surface area contributed by atoms with Gasteiger partial charge in [-0.05, 0) is 43.3 Å². The maximum absolute atomic E-state index is 12.4. The predicted molar refractivity (Wildman–Crippen MR) is 97.6 cm³/mol. The van der Waals surface area contributed by atoms with Crippen molar-refractivity contribution in [1.29, 1.82) is 0 Å². The molecule has 0 radical (unpaired) electrons. The van der Waals surface area contributed by atoms with E-state index in [1.165, 1.54) is 23.9 Å². The molecule has 0 fully saturated rings. The molecule has 0 aliphatic rings. The number of hydrogen-bond donors (Lipinski definition) is 0. The lowest BCUT2D eigenvalue weighted by Crippen LogP contribution is -2.09. The van der Waals surface area contributed by atoms with Gasteiger partial charge in [-0.25, -0.2) is 8.42 Å². The molecule has 0 saturated heterocycles. The zero-order valence-corrected chi connectivity index (χ0v) is 15.8. The van der Waals surface area contributed by atoms with Gasteiger partial charge in [0.05, 0.1) is 16.9 Å². The van der Waals surface area contributed by atoms with Gasteiger partial charge in [-0.1, -0.05) is 23.4 Å². The maximum atomic E-state index is 12.4. The summed E-state index contributed by atoms with van der Waals surface area (Å²) in [6, 6.07) is 9.79. The van der Waals surface area contributed by atoms with Gasteiger partial charge < -0.3 is 4.42 Å². The molecular weight excluding hydrogens is 382 g/mol. The predicted octanol–water partition coefficient (Wildman–Crippen LogP) is 3.78. The van der Waals surface area contributed by atoms with Crippen LogP contribution in [0.15, 0.2) is 57.1 Å². The van der Waals surface area contributed by atoms with Crippen LogP contribution in [0.5, 0.6) is 0 Å². The zero-order valence-electron chi connectivity index (χ0n) is 13.4. The van der Waals surface area contributed by atoms with Crippen LogP contribution in [0.1, 0.15) is 6.92 Å². The quantitative estimate of drug-likeness (QED) is 0.564. The summed E-state index contributed by atoms with van der Waals surface area (Å²) in [5, 5.41) is 9.47. The smallest absolute Gasteiger partial charge is 0.200 e. The van der Waals surface area contributed by atoms with Gasteiger partial charge in [0.15, 0.2) is 26.6 Å². The fourth-order valence-corrected chi connectivity index (χ4v) is 5.05. The molecule has 25 heavy (non-hydrogen) atoms. The Morgan fingerprint density at radius 2 is 1.96 bits per heavy atom. The van der Waals surface area contributed by atoms with Crippen LogP contribution in [0.4, 0.5) is 0 Å². The first kappa shape index (κ1) is 18.0. The number of rotatable bonds is 7. The number of furan rings is 1. The van der Waals surface area contributed by atoms with Crippen LogP contribution in [-0.2, 0) is 16.4 Å². The molecule has 2 aromatic heterocycles. The van der Waals surface area contributed by atoms with Gasteiger partial charge in [0.1, 0.15) is 0 Å². The maximum Gasteiger partial charge on any atom is 0.200 e. The van der Waals surface area contributed by atoms with Crippen molar-refractivity contribution in [3.05, 3.63) is 47.7 Å². The van der Waals surface area contributed by atoms with Crippen molar-refractivity contribution in [2.45, 2.75) is 23.5 Å². The summed E-state index contributed by atoms with van der Waals surface area (Å²) in [6.07, 6.45) is 1.58. The fraction of sp³-hybridized carbons (Fsp3) is 0.250. The third kappa shape index (κ3) is 4.08. The second kappa shape index (κ2) is 7.63. The molecule has 9 heteroatoms. The van der Waals surface area contributed by atoms with Gasteiger partial charge >= 0.3 is 0 Å². The molecule has 3 aromatic rings. The summed E-state index contributed by atoms with van der Waals surface area (Å²) in [5.74, 6) is 1.65. The van der Waals surface area contributed by atoms with Crippen molar-refractivity contribution in [3.63, 3.8) is 0 Å². The molecule has 3 rings (SSSR count). The van der Waals surface area contributed by atoms with Crippen molar-refractivity contribution < 1.29 is 12.8 Å². The summed E-state index contributed by atoms with van der Waals surface area (Å²) in [6.45, 7) is 2.64. The Kier molecular flexibility index (Phi) is 5.51. The minimum Gasteiger partial charge on any atom is -0.461 e. The van der Waals surface area contributed by atoms with E-state index in [0.717, 1.165) is 0 Å². The molecule has 1 aromatic carbocycles. The van der Waals surface area contributed by atoms with Gasteiger partial charge in [0, 0.05) is 17.3 Å². The second-order valence-corrected chi connectivity index (χ2v) is 8.76. The van der Waals surface area contributed by atoms with Gasteiger partial charge in [-0.3, -0.25) is 4.57 Å². The summed E-state index contributed by atoms with van der Waals surface area (Å²) < 4.78 is 32.0. The number of sulfone groups is 1. The van der Waals surface area contributed by atoms with Gasteiger partial charge in [-0.15, -0.1) is 10.2 Å². The van der Waals surface area contributed by atoms with Crippen molar-refractivity contribution in [2.24, 2.45) is 0 Å². The number of halogens is 1. The van der Waals surface area contributed by atoms with E-state index >= 15 is 0 Å². The van der Waals surface area contributed by atoms with Crippen LogP contribution in [0, 0.1) is 0 Å². The first-order chi connectivity index (χ1) is 12.0. The molecule has 0 aliphatic carbocycles. The molecule has 0 spiro atoms. The standard InChI is InChI=1S/C16H16ClN3O3S2/c1-2-20-15(14-4-3-9-23-14)18-19-16(20)24-10-11-25(21,22)13-7-5-12(17)6-8-13/h3-9H,2,10-11H2,1H3. The second-order valence-electron chi connectivity index (χ2n) is 5.15. The lowest BCUT2D eigenvalue weighted by molar-refractivity contribution is 0.567. The molecule has 0 N–H and O–H groups in total.